The number of para-hydroxylation sites is 1. The summed E-state index contributed by atoms with van der Waals surface area (Å²) in [6.07, 6.45) is 3.76. The summed E-state index contributed by atoms with van der Waals surface area (Å²) in [5, 5.41) is 3.43. The molecular formula is C17H28N2O. The van der Waals surface area contributed by atoms with Crippen molar-refractivity contribution in [3.05, 3.63) is 29.3 Å². The molecule has 112 valence electrons. The third-order valence-corrected chi connectivity index (χ3v) is 3.65. The summed E-state index contributed by atoms with van der Waals surface area (Å²) in [5.74, 6) is 0.220. The average molecular weight is 276 g/mol. The van der Waals surface area contributed by atoms with Gasteiger partial charge in [0.05, 0.1) is 0 Å². The molecule has 1 aromatic carbocycles. The summed E-state index contributed by atoms with van der Waals surface area (Å²) in [7, 11) is 1.89. The van der Waals surface area contributed by atoms with Gasteiger partial charge in [-0.25, -0.2) is 0 Å². The van der Waals surface area contributed by atoms with E-state index >= 15 is 0 Å². The third kappa shape index (κ3) is 4.87. The Morgan fingerprint density at radius 2 is 2.05 bits per heavy atom. The molecule has 0 atom stereocenters. The lowest BCUT2D eigenvalue weighted by Crippen LogP contribution is -2.29. The zero-order valence-electron chi connectivity index (χ0n) is 13.3. The van der Waals surface area contributed by atoms with E-state index in [9.17, 15) is 4.79 Å². The van der Waals surface area contributed by atoms with Gasteiger partial charge in [-0.15, -0.1) is 0 Å². The number of carbonyl (C=O) groups is 1. The van der Waals surface area contributed by atoms with Crippen LogP contribution in [0.4, 0.5) is 5.69 Å². The molecule has 3 nitrogen and oxygen atoms in total. The number of unbranched alkanes of at least 4 members (excludes halogenated alkanes) is 1. The van der Waals surface area contributed by atoms with E-state index in [0.717, 1.165) is 25.8 Å². The second kappa shape index (κ2) is 8.62. The smallest absolute Gasteiger partial charge is 0.224 e. The number of rotatable bonds is 8. The summed E-state index contributed by atoms with van der Waals surface area (Å²) in [6.45, 7) is 7.97. The predicted octanol–water partition coefficient (Wildman–Crippen LogP) is 3.62. The molecule has 0 aromatic heterocycles. The van der Waals surface area contributed by atoms with Crippen LogP contribution in [0.1, 0.15) is 44.2 Å². The number of aryl methyl sites for hydroxylation is 2. The topological polar surface area (TPSA) is 32.3 Å². The number of anilines is 1. The van der Waals surface area contributed by atoms with Crippen LogP contribution in [0.15, 0.2) is 18.2 Å². The first-order valence-electron chi connectivity index (χ1n) is 7.66. The fourth-order valence-corrected chi connectivity index (χ4v) is 2.28. The largest absolute Gasteiger partial charge is 0.384 e. The molecule has 1 N–H and O–H groups in total. The number of nitrogens with zero attached hydrogens (tertiary/aromatic N) is 1. The highest BCUT2D eigenvalue weighted by atomic mass is 16.2. The van der Waals surface area contributed by atoms with Crippen molar-refractivity contribution < 1.29 is 4.79 Å². The van der Waals surface area contributed by atoms with Gasteiger partial charge in [0.1, 0.15) is 0 Å². The molecule has 0 radical (unpaired) electrons. The van der Waals surface area contributed by atoms with Gasteiger partial charge in [-0.2, -0.15) is 0 Å². The summed E-state index contributed by atoms with van der Waals surface area (Å²) in [6, 6.07) is 6.34. The lowest BCUT2D eigenvalue weighted by molar-refractivity contribution is -0.129. The van der Waals surface area contributed by atoms with Gasteiger partial charge in [0.25, 0.3) is 0 Å². The van der Waals surface area contributed by atoms with E-state index in [1.807, 2.05) is 11.9 Å². The first-order valence-corrected chi connectivity index (χ1v) is 7.66. The monoisotopic (exact) mass is 276 g/mol. The van der Waals surface area contributed by atoms with Gasteiger partial charge < -0.3 is 10.2 Å². The van der Waals surface area contributed by atoms with Crippen molar-refractivity contribution in [1.29, 1.82) is 0 Å². The Morgan fingerprint density at radius 3 is 2.70 bits per heavy atom. The Kier molecular flexibility index (Phi) is 7.13. The molecule has 1 amide bonds. The minimum absolute atomic E-state index is 0.220. The molecule has 0 aliphatic rings. The number of hydrogen-bond acceptors (Lipinski definition) is 2. The van der Waals surface area contributed by atoms with Crippen LogP contribution in [0.5, 0.6) is 0 Å². The summed E-state index contributed by atoms with van der Waals surface area (Å²) >= 11 is 0. The fraction of sp³-hybridized carbons (Fsp3) is 0.588. The van der Waals surface area contributed by atoms with Crippen molar-refractivity contribution in [3.8, 4) is 0 Å². The van der Waals surface area contributed by atoms with E-state index in [1.165, 1.54) is 16.8 Å². The van der Waals surface area contributed by atoms with E-state index in [1.54, 1.807) is 0 Å². The predicted molar refractivity (Wildman–Crippen MR) is 86.2 cm³/mol. The van der Waals surface area contributed by atoms with Crippen molar-refractivity contribution in [1.82, 2.24) is 4.90 Å². The summed E-state index contributed by atoms with van der Waals surface area (Å²) in [5.41, 5.74) is 3.76. The molecule has 0 saturated carbocycles. The van der Waals surface area contributed by atoms with Crippen LogP contribution in [0.25, 0.3) is 0 Å². The molecule has 0 fully saturated rings. The number of hydrogen-bond donors (Lipinski definition) is 1. The maximum Gasteiger partial charge on any atom is 0.224 e. The normalized spacial score (nSPS) is 10.4. The number of nitrogens with one attached hydrogen (secondary N) is 1. The minimum atomic E-state index is 0.220. The molecule has 0 aliphatic carbocycles. The zero-order valence-corrected chi connectivity index (χ0v) is 13.3. The maximum absolute atomic E-state index is 12.0. The molecule has 3 heteroatoms. The molecule has 1 aromatic rings. The quantitative estimate of drug-likeness (QED) is 0.786. The van der Waals surface area contributed by atoms with Crippen LogP contribution in [-0.4, -0.2) is 30.9 Å². The highest BCUT2D eigenvalue weighted by Gasteiger charge is 2.09. The molecule has 0 spiro atoms. The van der Waals surface area contributed by atoms with Gasteiger partial charge >= 0.3 is 0 Å². The van der Waals surface area contributed by atoms with Crippen LogP contribution >= 0.6 is 0 Å². The number of carbonyl (C=O) groups excluding carboxylic acids is 1. The lowest BCUT2D eigenvalue weighted by atomic mass is 10.1. The first-order chi connectivity index (χ1) is 9.60. The van der Waals surface area contributed by atoms with Gasteiger partial charge in [-0.3, -0.25) is 4.79 Å². The average Bonchev–Trinajstić information content (AvgIpc) is 2.45. The van der Waals surface area contributed by atoms with E-state index in [2.05, 4.69) is 44.3 Å². The van der Waals surface area contributed by atoms with Gasteiger partial charge in [-0.1, -0.05) is 38.5 Å². The summed E-state index contributed by atoms with van der Waals surface area (Å²) in [4.78, 5) is 13.8. The van der Waals surface area contributed by atoms with Crippen molar-refractivity contribution in [2.45, 2.75) is 46.5 Å². The van der Waals surface area contributed by atoms with E-state index in [0.29, 0.717) is 13.0 Å². The number of benzene rings is 1. The van der Waals surface area contributed by atoms with Gasteiger partial charge in [0.2, 0.25) is 5.91 Å². The van der Waals surface area contributed by atoms with E-state index < -0.39 is 0 Å². The molecule has 0 saturated heterocycles. The molecule has 0 unspecified atom stereocenters. The lowest BCUT2D eigenvalue weighted by Gasteiger charge is -2.18. The molecule has 0 bridgehead atoms. The van der Waals surface area contributed by atoms with Crippen LogP contribution in [-0.2, 0) is 11.2 Å². The first kappa shape index (κ1) is 16.5. The fourth-order valence-electron chi connectivity index (χ4n) is 2.28. The van der Waals surface area contributed by atoms with Crippen molar-refractivity contribution in [3.63, 3.8) is 0 Å². The molecule has 0 heterocycles. The SMILES string of the molecule is CCCCN(C)C(=O)CCNc1c(C)cccc1CC. The second-order valence-electron chi connectivity index (χ2n) is 5.31. The van der Waals surface area contributed by atoms with Crippen molar-refractivity contribution >= 4 is 11.6 Å². The van der Waals surface area contributed by atoms with Crippen LogP contribution in [0, 0.1) is 6.92 Å². The van der Waals surface area contributed by atoms with Gasteiger partial charge in [0.15, 0.2) is 0 Å². The third-order valence-electron chi connectivity index (χ3n) is 3.65. The van der Waals surface area contributed by atoms with E-state index in [-0.39, 0.29) is 5.91 Å². The highest BCUT2D eigenvalue weighted by molar-refractivity contribution is 5.76. The van der Waals surface area contributed by atoms with Crippen LogP contribution in [0.3, 0.4) is 0 Å². The summed E-state index contributed by atoms with van der Waals surface area (Å²) < 4.78 is 0. The van der Waals surface area contributed by atoms with Crippen LogP contribution < -0.4 is 5.32 Å². The van der Waals surface area contributed by atoms with Gasteiger partial charge in [-0.05, 0) is 30.9 Å². The zero-order chi connectivity index (χ0) is 15.0. The Hall–Kier alpha value is -1.51. The number of amides is 1. The molecule has 0 aliphatic heterocycles. The standard InChI is InChI=1S/C17H28N2O/c1-5-7-13-19(4)16(20)11-12-18-17-14(3)9-8-10-15(17)6-2/h8-10,18H,5-7,11-13H2,1-4H3. The Bertz CT molecular complexity index is 429. The van der Waals surface area contributed by atoms with Crippen LogP contribution in [0.2, 0.25) is 0 Å². The molecule has 1 rings (SSSR count). The van der Waals surface area contributed by atoms with Crippen molar-refractivity contribution in [2.75, 3.05) is 25.5 Å². The Morgan fingerprint density at radius 1 is 1.30 bits per heavy atom. The Labute approximate surface area is 123 Å². The van der Waals surface area contributed by atoms with E-state index in [4.69, 9.17) is 0 Å². The minimum Gasteiger partial charge on any atom is -0.384 e. The molecular weight excluding hydrogens is 248 g/mol. The Balaban J connectivity index is 2.46. The maximum atomic E-state index is 12.0. The van der Waals surface area contributed by atoms with Crippen molar-refractivity contribution in [2.24, 2.45) is 0 Å². The molecule has 20 heavy (non-hydrogen) atoms. The highest BCUT2D eigenvalue weighted by Crippen LogP contribution is 2.20. The van der Waals surface area contributed by atoms with Gasteiger partial charge in [0, 0.05) is 32.2 Å². The second-order valence-corrected chi connectivity index (χ2v) is 5.31.